The molecule has 3 aromatic carbocycles. The zero-order valence-corrected chi connectivity index (χ0v) is 15.3. The first-order chi connectivity index (χ1) is 13.2. The molecule has 1 aromatic heterocycles. The number of hydrogen-bond donors (Lipinski definition) is 1. The van der Waals surface area contributed by atoms with Crippen LogP contribution in [0.1, 0.15) is 22.1 Å². The lowest BCUT2D eigenvalue weighted by atomic mass is 9.82. The maximum atomic E-state index is 12.3. The average Bonchev–Trinajstić information content (AvgIpc) is 3.24. The van der Waals surface area contributed by atoms with E-state index in [2.05, 4.69) is 29.2 Å². The molecule has 0 fully saturated rings. The fourth-order valence-corrected chi connectivity index (χ4v) is 5.20. The highest BCUT2D eigenvalue weighted by Crippen LogP contribution is 2.49. The molecule has 4 aromatic rings. The number of aromatic nitrogens is 1. The van der Waals surface area contributed by atoms with Crippen LogP contribution >= 0.6 is 11.3 Å². The normalized spacial score (nSPS) is 14.1. The summed E-state index contributed by atoms with van der Waals surface area (Å²) in [6, 6.07) is 24.3. The molecule has 5 rings (SSSR count). The zero-order valence-electron chi connectivity index (χ0n) is 14.5. The average molecular weight is 371 g/mol. The van der Waals surface area contributed by atoms with Crippen molar-refractivity contribution in [2.24, 2.45) is 5.92 Å². The van der Waals surface area contributed by atoms with E-state index in [-0.39, 0.29) is 5.92 Å². The lowest BCUT2D eigenvalue weighted by molar-refractivity contribution is -0.142. The molecule has 1 N–H and O–H groups in total. The van der Waals surface area contributed by atoms with Crippen molar-refractivity contribution in [3.8, 4) is 11.1 Å². The molecule has 0 aliphatic heterocycles. The van der Waals surface area contributed by atoms with Crippen LogP contribution in [0, 0.1) is 5.92 Å². The third-order valence-electron chi connectivity index (χ3n) is 5.33. The third-order valence-corrected chi connectivity index (χ3v) is 6.39. The molecule has 0 saturated heterocycles. The highest BCUT2D eigenvalue weighted by atomic mass is 32.1. The van der Waals surface area contributed by atoms with Gasteiger partial charge in [0.15, 0.2) is 0 Å². The van der Waals surface area contributed by atoms with E-state index in [9.17, 15) is 9.90 Å². The lowest BCUT2D eigenvalue weighted by Gasteiger charge is -2.21. The van der Waals surface area contributed by atoms with Crippen molar-refractivity contribution in [2.45, 2.75) is 12.3 Å². The van der Waals surface area contributed by atoms with Gasteiger partial charge in [-0.15, -0.1) is 11.3 Å². The first kappa shape index (κ1) is 16.2. The summed E-state index contributed by atoms with van der Waals surface area (Å²) in [7, 11) is 0. The van der Waals surface area contributed by atoms with Gasteiger partial charge in [0.05, 0.1) is 21.1 Å². The molecule has 1 aliphatic carbocycles. The fraction of sp³-hybridized carbons (Fsp3) is 0.130. The van der Waals surface area contributed by atoms with Gasteiger partial charge in [-0.05, 0) is 34.4 Å². The van der Waals surface area contributed by atoms with E-state index in [1.165, 1.54) is 0 Å². The summed E-state index contributed by atoms with van der Waals surface area (Å²) in [6.07, 6.45) is 0.433. The molecule has 1 heterocycles. The summed E-state index contributed by atoms with van der Waals surface area (Å²) in [6.45, 7) is 0. The second-order valence-corrected chi connectivity index (χ2v) is 7.99. The Morgan fingerprint density at radius 1 is 0.926 bits per heavy atom. The second-order valence-electron chi connectivity index (χ2n) is 6.88. The van der Waals surface area contributed by atoms with Gasteiger partial charge in [-0.1, -0.05) is 60.7 Å². The van der Waals surface area contributed by atoms with Crippen LogP contribution in [0.3, 0.4) is 0 Å². The van der Waals surface area contributed by atoms with E-state index in [0.717, 1.165) is 37.5 Å². The van der Waals surface area contributed by atoms with Crippen LogP contribution in [0.4, 0.5) is 0 Å². The second kappa shape index (κ2) is 6.32. The number of benzene rings is 3. The standard InChI is InChI=1S/C23H17NO2S/c25-23(26)18(13-21-24-19-11-5-6-12-20(19)27-21)22-16-9-3-1-7-14(16)15-8-2-4-10-17(15)22/h1-12,18,22H,13H2,(H,25,26). The molecule has 0 bridgehead atoms. The molecule has 0 spiro atoms. The van der Waals surface area contributed by atoms with Gasteiger partial charge in [0.25, 0.3) is 0 Å². The number of aliphatic carboxylic acids is 1. The van der Waals surface area contributed by atoms with Crippen LogP contribution in [-0.2, 0) is 11.2 Å². The van der Waals surface area contributed by atoms with Crippen LogP contribution in [0.2, 0.25) is 0 Å². The summed E-state index contributed by atoms with van der Waals surface area (Å²) in [5.41, 5.74) is 5.44. The van der Waals surface area contributed by atoms with Gasteiger partial charge in [0, 0.05) is 12.3 Å². The summed E-state index contributed by atoms with van der Waals surface area (Å²) in [5.74, 6) is -1.47. The zero-order chi connectivity index (χ0) is 18.4. The van der Waals surface area contributed by atoms with Gasteiger partial charge in [-0.3, -0.25) is 4.79 Å². The first-order valence-electron chi connectivity index (χ1n) is 8.98. The maximum Gasteiger partial charge on any atom is 0.307 e. The topological polar surface area (TPSA) is 50.2 Å². The Morgan fingerprint density at radius 2 is 1.52 bits per heavy atom. The van der Waals surface area contributed by atoms with Crippen LogP contribution < -0.4 is 0 Å². The highest BCUT2D eigenvalue weighted by Gasteiger charge is 2.38. The Balaban J connectivity index is 1.60. The lowest BCUT2D eigenvalue weighted by Crippen LogP contribution is -2.24. The van der Waals surface area contributed by atoms with E-state index in [4.69, 9.17) is 0 Å². The first-order valence-corrected chi connectivity index (χ1v) is 9.79. The number of nitrogens with zero attached hydrogens (tertiary/aromatic N) is 1. The molecule has 3 nitrogen and oxygen atoms in total. The monoisotopic (exact) mass is 371 g/mol. The largest absolute Gasteiger partial charge is 0.481 e. The number of carboxylic acid groups (broad SMARTS) is 1. The molecule has 1 unspecified atom stereocenters. The fourth-order valence-electron chi connectivity index (χ4n) is 4.17. The van der Waals surface area contributed by atoms with Crippen LogP contribution in [0.25, 0.3) is 21.3 Å². The van der Waals surface area contributed by atoms with Crippen LogP contribution in [0.5, 0.6) is 0 Å². The Hall–Kier alpha value is -2.98. The van der Waals surface area contributed by atoms with Gasteiger partial charge in [0.2, 0.25) is 0 Å². The van der Waals surface area contributed by atoms with Gasteiger partial charge < -0.3 is 5.11 Å². The van der Waals surface area contributed by atoms with Crippen molar-refractivity contribution >= 4 is 27.5 Å². The smallest absolute Gasteiger partial charge is 0.307 e. The predicted molar refractivity (Wildman–Crippen MR) is 108 cm³/mol. The summed E-state index contributed by atoms with van der Waals surface area (Å²) >= 11 is 1.59. The molecular formula is C23H17NO2S. The molecular weight excluding hydrogens is 354 g/mol. The van der Waals surface area contributed by atoms with Crippen molar-refractivity contribution in [3.63, 3.8) is 0 Å². The van der Waals surface area contributed by atoms with Crippen molar-refractivity contribution in [3.05, 3.63) is 88.9 Å². The molecule has 132 valence electrons. The van der Waals surface area contributed by atoms with Crippen molar-refractivity contribution in [2.75, 3.05) is 0 Å². The summed E-state index contributed by atoms with van der Waals surface area (Å²) < 4.78 is 1.10. The van der Waals surface area contributed by atoms with E-state index in [1.54, 1.807) is 11.3 Å². The van der Waals surface area contributed by atoms with Crippen LogP contribution in [0.15, 0.2) is 72.8 Å². The van der Waals surface area contributed by atoms with E-state index >= 15 is 0 Å². The Morgan fingerprint density at radius 3 is 2.15 bits per heavy atom. The number of carboxylic acids is 1. The molecule has 0 saturated carbocycles. The molecule has 1 aliphatic rings. The number of fused-ring (bicyclic) bond motifs is 4. The van der Waals surface area contributed by atoms with Gasteiger partial charge in [-0.25, -0.2) is 4.98 Å². The quantitative estimate of drug-likeness (QED) is 0.526. The molecule has 0 radical (unpaired) electrons. The van der Waals surface area contributed by atoms with E-state index < -0.39 is 11.9 Å². The number of rotatable bonds is 4. The predicted octanol–water partition coefficient (Wildman–Crippen LogP) is 5.35. The minimum absolute atomic E-state index is 0.151. The van der Waals surface area contributed by atoms with Crippen LogP contribution in [-0.4, -0.2) is 16.1 Å². The Kier molecular flexibility index (Phi) is 3.80. The Bertz CT molecular complexity index is 1090. The van der Waals surface area contributed by atoms with Gasteiger partial charge in [-0.2, -0.15) is 0 Å². The minimum atomic E-state index is -0.772. The number of carbonyl (C=O) groups is 1. The molecule has 0 amide bonds. The molecule has 1 atom stereocenters. The number of hydrogen-bond acceptors (Lipinski definition) is 3. The SMILES string of the molecule is O=C(O)C(Cc1nc2ccccc2s1)C1c2ccccc2-c2ccccc21. The highest BCUT2D eigenvalue weighted by molar-refractivity contribution is 7.18. The third kappa shape index (κ3) is 2.64. The van der Waals surface area contributed by atoms with Gasteiger partial charge in [0.1, 0.15) is 0 Å². The maximum absolute atomic E-state index is 12.3. The van der Waals surface area contributed by atoms with Crippen molar-refractivity contribution in [1.29, 1.82) is 0 Å². The van der Waals surface area contributed by atoms with E-state index in [0.29, 0.717) is 6.42 Å². The van der Waals surface area contributed by atoms with E-state index in [1.807, 2.05) is 48.5 Å². The van der Waals surface area contributed by atoms with Gasteiger partial charge >= 0.3 is 5.97 Å². The van der Waals surface area contributed by atoms with Crippen molar-refractivity contribution < 1.29 is 9.90 Å². The summed E-state index contributed by atoms with van der Waals surface area (Å²) in [4.78, 5) is 17.0. The molecule has 27 heavy (non-hydrogen) atoms. The molecule has 4 heteroatoms. The number of thiazole rings is 1. The Labute approximate surface area is 160 Å². The van der Waals surface area contributed by atoms with Crippen molar-refractivity contribution in [1.82, 2.24) is 4.98 Å². The minimum Gasteiger partial charge on any atom is -0.481 e. The number of para-hydroxylation sites is 1. The summed E-state index contributed by atoms with van der Waals surface area (Å²) in [5, 5.41) is 11.0.